The number of amides is 1. The van der Waals surface area contributed by atoms with E-state index in [1.54, 1.807) is 6.07 Å². The summed E-state index contributed by atoms with van der Waals surface area (Å²) in [4.78, 5) is 12.3. The van der Waals surface area contributed by atoms with E-state index in [4.69, 9.17) is 12.2 Å². The fourth-order valence-corrected chi connectivity index (χ4v) is 3.10. The van der Waals surface area contributed by atoms with Crippen LogP contribution < -0.4 is 16.2 Å². The average Bonchev–Trinajstić information content (AvgIpc) is 3.17. The van der Waals surface area contributed by atoms with E-state index >= 15 is 0 Å². The maximum absolute atomic E-state index is 12.3. The molecule has 0 bridgehead atoms. The number of H-pyrrole nitrogens is 1. The Morgan fingerprint density at radius 3 is 2.63 bits per heavy atom. The average molecular weight is 444 g/mol. The second-order valence-corrected chi connectivity index (χ2v) is 7.19. The van der Waals surface area contributed by atoms with Gasteiger partial charge in [0.15, 0.2) is 5.11 Å². The van der Waals surface area contributed by atoms with E-state index in [0.29, 0.717) is 16.5 Å². The number of nitrogens with zero attached hydrogens (tertiary/aromatic N) is 1. The van der Waals surface area contributed by atoms with E-state index in [1.165, 1.54) is 0 Å². The molecule has 0 spiro atoms. The van der Waals surface area contributed by atoms with Crippen LogP contribution in [0.15, 0.2) is 65.1 Å². The Balaban J connectivity index is 1.54. The third-order valence-corrected chi connectivity index (χ3v) is 4.59. The molecular weight excluding hydrogens is 426 g/mol. The van der Waals surface area contributed by atoms with Gasteiger partial charge in [-0.2, -0.15) is 5.10 Å². The molecule has 0 aliphatic rings. The minimum Gasteiger partial charge on any atom is -0.355 e. The van der Waals surface area contributed by atoms with Crippen LogP contribution in [0.5, 0.6) is 0 Å². The van der Waals surface area contributed by atoms with Crippen LogP contribution in [0.1, 0.15) is 29.0 Å². The van der Waals surface area contributed by atoms with Crippen LogP contribution in [0.4, 0.5) is 0 Å². The topological polar surface area (TPSA) is 81.8 Å². The van der Waals surface area contributed by atoms with Gasteiger partial charge in [0, 0.05) is 10.0 Å². The molecular formula is C19H18BrN5OS. The molecule has 1 heterocycles. The summed E-state index contributed by atoms with van der Waals surface area (Å²) >= 11 is 8.65. The van der Waals surface area contributed by atoms with Crippen LogP contribution in [-0.2, 0) is 0 Å². The second kappa shape index (κ2) is 8.79. The zero-order valence-electron chi connectivity index (χ0n) is 14.5. The molecule has 27 heavy (non-hydrogen) atoms. The number of rotatable bonds is 4. The van der Waals surface area contributed by atoms with Crippen LogP contribution in [0.3, 0.4) is 0 Å². The van der Waals surface area contributed by atoms with Crippen LogP contribution >= 0.6 is 28.1 Å². The largest absolute Gasteiger partial charge is 0.355 e. The highest BCUT2D eigenvalue weighted by molar-refractivity contribution is 9.10. The number of aromatic nitrogens is 2. The zero-order chi connectivity index (χ0) is 19.2. The van der Waals surface area contributed by atoms with Crippen molar-refractivity contribution in [1.29, 1.82) is 0 Å². The summed E-state index contributed by atoms with van der Waals surface area (Å²) in [5, 5.41) is 10.4. The molecule has 1 aromatic heterocycles. The number of hydrogen-bond donors (Lipinski definition) is 4. The lowest BCUT2D eigenvalue weighted by Gasteiger charge is -2.17. The molecule has 1 atom stereocenters. The van der Waals surface area contributed by atoms with Crippen molar-refractivity contribution < 1.29 is 4.79 Å². The molecule has 138 valence electrons. The van der Waals surface area contributed by atoms with Crippen LogP contribution in [-0.4, -0.2) is 21.2 Å². The molecule has 4 N–H and O–H groups in total. The Morgan fingerprint density at radius 2 is 1.89 bits per heavy atom. The predicted molar refractivity (Wildman–Crippen MR) is 113 cm³/mol. The second-order valence-electron chi connectivity index (χ2n) is 5.86. The first kappa shape index (κ1) is 19.1. The number of carbonyl (C=O) groups is 1. The van der Waals surface area contributed by atoms with E-state index in [9.17, 15) is 4.79 Å². The Bertz CT molecular complexity index is 944. The van der Waals surface area contributed by atoms with Gasteiger partial charge in [-0.05, 0) is 42.9 Å². The van der Waals surface area contributed by atoms with Crippen molar-refractivity contribution in [1.82, 2.24) is 26.4 Å². The molecule has 8 heteroatoms. The Kier molecular flexibility index (Phi) is 6.20. The number of halogens is 1. The van der Waals surface area contributed by atoms with Gasteiger partial charge >= 0.3 is 0 Å². The highest BCUT2D eigenvalue weighted by Gasteiger charge is 2.12. The van der Waals surface area contributed by atoms with Crippen molar-refractivity contribution in [3.05, 3.63) is 76.4 Å². The lowest BCUT2D eigenvalue weighted by atomic mass is 10.1. The van der Waals surface area contributed by atoms with Gasteiger partial charge in [0.1, 0.15) is 5.69 Å². The fourth-order valence-electron chi connectivity index (χ4n) is 2.47. The van der Waals surface area contributed by atoms with Gasteiger partial charge in [0.25, 0.3) is 5.91 Å². The van der Waals surface area contributed by atoms with Crippen molar-refractivity contribution in [2.45, 2.75) is 13.0 Å². The first-order chi connectivity index (χ1) is 13.0. The summed E-state index contributed by atoms with van der Waals surface area (Å²) in [5.74, 6) is -0.361. The van der Waals surface area contributed by atoms with Crippen molar-refractivity contribution in [2.75, 3.05) is 0 Å². The molecule has 6 nitrogen and oxygen atoms in total. The molecule has 1 unspecified atom stereocenters. The summed E-state index contributed by atoms with van der Waals surface area (Å²) < 4.78 is 0.944. The number of hydrogen-bond acceptors (Lipinski definition) is 3. The standard InChI is InChI=1S/C19H18BrN5OS/c1-12(13-6-3-2-4-7-13)21-19(27)25-24-18(26)17-11-16(22-23-17)14-8-5-9-15(20)10-14/h2-12H,1H3,(H,22,23)(H,24,26)(H2,21,25,27). The maximum Gasteiger partial charge on any atom is 0.287 e. The van der Waals surface area contributed by atoms with Gasteiger partial charge in [-0.25, -0.2) is 0 Å². The van der Waals surface area contributed by atoms with Gasteiger partial charge in [-0.3, -0.25) is 20.7 Å². The number of thiocarbonyl (C=S) groups is 1. The van der Waals surface area contributed by atoms with Crippen LogP contribution in [0, 0.1) is 0 Å². The monoisotopic (exact) mass is 443 g/mol. The minimum atomic E-state index is -0.361. The number of hydrazine groups is 1. The first-order valence-corrected chi connectivity index (χ1v) is 9.46. The summed E-state index contributed by atoms with van der Waals surface area (Å²) in [7, 11) is 0. The van der Waals surface area contributed by atoms with Gasteiger partial charge in [0.05, 0.1) is 11.7 Å². The van der Waals surface area contributed by atoms with Crippen LogP contribution in [0.2, 0.25) is 0 Å². The van der Waals surface area contributed by atoms with E-state index in [-0.39, 0.29) is 11.9 Å². The highest BCUT2D eigenvalue weighted by atomic mass is 79.9. The first-order valence-electron chi connectivity index (χ1n) is 8.26. The smallest absolute Gasteiger partial charge is 0.287 e. The quantitative estimate of drug-likeness (QED) is 0.365. The molecule has 3 aromatic rings. The van der Waals surface area contributed by atoms with Crippen molar-refractivity contribution in [3.8, 4) is 11.3 Å². The lowest BCUT2D eigenvalue weighted by Crippen LogP contribution is -2.47. The molecule has 0 aliphatic carbocycles. The third kappa shape index (κ3) is 5.15. The zero-order valence-corrected chi connectivity index (χ0v) is 16.9. The molecule has 0 saturated heterocycles. The molecule has 1 amide bonds. The Morgan fingerprint density at radius 1 is 1.11 bits per heavy atom. The number of benzene rings is 2. The van der Waals surface area contributed by atoms with Crippen LogP contribution in [0.25, 0.3) is 11.3 Å². The minimum absolute atomic E-state index is 0.0124. The van der Waals surface area contributed by atoms with Crippen molar-refractivity contribution in [3.63, 3.8) is 0 Å². The number of aromatic amines is 1. The predicted octanol–water partition coefficient (Wildman–Crippen LogP) is 3.71. The molecule has 0 fully saturated rings. The molecule has 3 rings (SSSR count). The molecule has 0 aliphatic heterocycles. The van der Waals surface area contributed by atoms with Crippen molar-refractivity contribution >= 4 is 39.2 Å². The summed E-state index contributed by atoms with van der Waals surface area (Å²) in [5.41, 5.74) is 8.28. The Hall–Kier alpha value is -2.71. The molecule has 0 saturated carbocycles. The molecule has 0 radical (unpaired) electrons. The van der Waals surface area contributed by atoms with E-state index in [2.05, 4.69) is 42.3 Å². The normalized spacial score (nSPS) is 11.5. The van der Waals surface area contributed by atoms with E-state index in [1.807, 2.05) is 61.5 Å². The fraction of sp³-hybridized carbons (Fsp3) is 0.105. The maximum atomic E-state index is 12.3. The SMILES string of the molecule is CC(NC(=S)NNC(=O)c1cc(-c2cccc(Br)c2)n[nH]1)c1ccccc1. The lowest BCUT2D eigenvalue weighted by molar-refractivity contribution is 0.0938. The third-order valence-electron chi connectivity index (χ3n) is 3.88. The summed E-state index contributed by atoms with van der Waals surface area (Å²) in [6.07, 6.45) is 0. The van der Waals surface area contributed by atoms with E-state index in [0.717, 1.165) is 15.6 Å². The van der Waals surface area contributed by atoms with Gasteiger partial charge in [0.2, 0.25) is 0 Å². The summed E-state index contributed by atoms with van der Waals surface area (Å²) in [6.45, 7) is 1.99. The van der Waals surface area contributed by atoms with Gasteiger partial charge in [-0.15, -0.1) is 0 Å². The summed E-state index contributed by atoms with van der Waals surface area (Å²) in [6, 6.07) is 19.3. The highest BCUT2D eigenvalue weighted by Crippen LogP contribution is 2.21. The van der Waals surface area contributed by atoms with Gasteiger partial charge in [-0.1, -0.05) is 58.4 Å². The van der Waals surface area contributed by atoms with E-state index < -0.39 is 0 Å². The van der Waals surface area contributed by atoms with Crippen molar-refractivity contribution in [2.24, 2.45) is 0 Å². The number of carbonyl (C=O) groups excluding carboxylic acids is 1. The molecule has 2 aromatic carbocycles. The van der Waals surface area contributed by atoms with Gasteiger partial charge < -0.3 is 5.32 Å². The number of nitrogens with one attached hydrogen (secondary N) is 4. The Labute approximate surface area is 170 Å².